The molecule has 120 valence electrons. The number of nitrogens with zero attached hydrogens (tertiary/aromatic N) is 1. The van der Waals surface area contributed by atoms with Crippen LogP contribution in [0.5, 0.6) is 0 Å². The van der Waals surface area contributed by atoms with Crippen molar-refractivity contribution in [1.29, 1.82) is 0 Å². The normalized spacial score (nSPS) is 18.0. The van der Waals surface area contributed by atoms with Gasteiger partial charge in [0.25, 0.3) is 5.91 Å². The van der Waals surface area contributed by atoms with Crippen LogP contribution in [0.4, 0.5) is 0 Å². The second kappa shape index (κ2) is 6.82. The van der Waals surface area contributed by atoms with Crippen LogP contribution in [0.1, 0.15) is 30.1 Å². The van der Waals surface area contributed by atoms with Crippen LogP contribution in [0.25, 0.3) is 10.8 Å². The number of rotatable bonds is 3. The maximum Gasteiger partial charge on any atom is 0.338 e. The average Bonchev–Trinajstić information content (AvgIpc) is 2.59. The van der Waals surface area contributed by atoms with Crippen molar-refractivity contribution in [2.75, 3.05) is 19.7 Å². The molecule has 4 heteroatoms. The van der Waals surface area contributed by atoms with E-state index >= 15 is 0 Å². The molecule has 0 bridgehead atoms. The van der Waals surface area contributed by atoms with E-state index in [4.69, 9.17) is 4.74 Å². The molecular formula is C19H21NO3. The summed E-state index contributed by atoms with van der Waals surface area (Å²) in [6.07, 6.45) is 2.17. The molecule has 1 aliphatic rings. The van der Waals surface area contributed by atoms with Gasteiger partial charge < -0.3 is 9.64 Å². The molecule has 1 amide bonds. The first-order valence-electron chi connectivity index (χ1n) is 8.07. The van der Waals surface area contributed by atoms with E-state index in [9.17, 15) is 9.59 Å². The second-order valence-electron chi connectivity index (χ2n) is 6.23. The van der Waals surface area contributed by atoms with Gasteiger partial charge in [0.15, 0.2) is 6.61 Å². The van der Waals surface area contributed by atoms with Gasteiger partial charge in [0, 0.05) is 13.1 Å². The number of likely N-dealkylation sites (tertiary alicyclic amines) is 1. The van der Waals surface area contributed by atoms with Gasteiger partial charge in [-0.05, 0) is 41.7 Å². The summed E-state index contributed by atoms with van der Waals surface area (Å²) in [5.74, 6) is -0.0382. The molecule has 1 fully saturated rings. The first kappa shape index (κ1) is 15.5. The molecule has 4 nitrogen and oxygen atoms in total. The van der Waals surface area contributed by atoms with Gasteiger partial charge in [-0.1, -0.05) is 37.3 Å². The number of hydrogen-bond donors (Lipinski definition) is 0. The Morgan fingerprint density at radius 1 is 1.17 bits per heavy atom. The van der Waals surface area contributed by atoms with Crippen molar-refractivity contribution in [3.05, 3.63) is 48.0 Å². The molecule has 1 aliphatic heterocycles. The topological polar surface area (TPSA) is 46.6 Å². The van der Waals surface area contributed by atoms with E-state index in [1.54, 1.807) is 17.0 Å². The third kappa shape index (κ3) is 3.70. The molecular weight excluding hydrogens is 290 g/mol. The smallest absolute Gasteiger partial charge is 0.338 e. The van der Waals surface area contributed by atoms with Gasteiger partial charge in [-0.25, -0.2) is 4.79 Å². The summed E-state index contributed by atoms with van der Waals surface area (Å²) in [4.78, 5) is 26.1. The number of carbonyl (C=O) groups is 2. The van der Waals surface area contributed by atoms with Gasteiger partial charge in [0.2, 0.25) is 0 Å². The third-order valence-electron chi connectivity index (χ3n) is 4.32. The van der Waals surface area contributed by atoms with Gasteiger partial charge in [-0.3, -0.25) is 4.79 Å². The molecule has 1 saturated heterocycles. The van der Waals surface area contributed by atoms with Crippen molar-refractivity contribution in [3.63, 3.8) is 0 Å². The average molecular weight is 311 g/mol. The minimum Gasteiger partial charge on any atom is -0.452 e. The summed E-state index contributed by atoms with van der Waals surface area (Å²) in [6, 6.07) is 13.2. The van der Waals surface area contributed by atoms with E-state index in [0.717, 1.165) is 36.7 Å². The molecule has 0 aromatic heterocycles. The Bertz CT molecular complexity index is 725. The fourth-order valence-electron chi connectivity index (χ4n) is 3.03. The molecule has 0 aliphatic carbocycles. The van der Waals surface area contributed by atoms with Crippen LogP contribution in [0.2, 0.25) is 0 Å². The molecule has 0 radical (unpaired) electrons. The van der Waals surface area contributed by atoms with Crippen LogP contribution in [-0.2, 0) is 9.53 Å². The zero-order valence-electron chi connectivity index (χ0n) is 13.3. The molecule has 2 aromatic rings. The Labute approximate surface area is 136 Å². The summed E-state index contributed by atoms with van der Waals surface area (Å²) < 4.78 is 5.20. The van der Waals surface area contributed by atoms with Crippen molar-refractivity contribution in [1.82, 2.24) is 4.90 Å². The summed E-state index contributed by atoms with van der Waals surface area (Å²) in [5, 5.41) is 2.06. The van der Waals surface area contributed by atoms with Gasteiger partial charge in [-0.2, -0.15) is 0 Å². The van der Waals surface area contributed by atoms with Crippen LogP contribution in [-0.4, -0.2) is 36.5 Å². The van der Waals surface area contributed by atoms with Gasteiger partial charge >= 0.3 is 5.97 Å². The number of hydrogen-bond acceptors (Lipinski definition) is 3. The fourth-order valence-corrected chi connectivity index (χ4v) is 3.03. The largest absolute Gasteiger partial charge is 0.452 e. The Kier molecular flexibility index (Phi) is 4.60. The number of piperidine rings is 1. The number of carbonyl (C=O) groups excluding carboxylic acids is 2. The van der Waals surface area contributed by atoms with Gasteiger partial charge in [0.1, 0.15) is 0 Å². The van der Waals surface area contributed by atoms with E-state index in [-0.39, 0.29) is 12.5 Å². The number of fused-ring (bicyclic) bond motifs is 1. The number of esters is 1. The first-order chi connectivity index (χ1) is 11.1. The maximum atomic E-state index is 12.1. The fraction of sp³-hybridized carbons (Fsp3) is 0.368. The van der Waals surface area contributed by atoms with Crippen molar-refractivity contribution >= 4 is 22.6 Å². The Hall–Kier alpha value is -2.36. The van der Waals surface area contributed by atoms with Crippen LogP contribution >= 0.6 is 0 Å². The first-order valence-corrected chi connectivity index (χ1v) is 8.07. The lowest BCUT2D eigenvalue weighted by atomic mass is 10.0. The molecule has 0 spiro atoms. The van der Waals surface area contributed by atoms with Crippen molar-refractivity contribution in [2.24, 2.45) is 5.92 Å². The number of benzene rings is 2. The highest BCUT2D eigenvalue weighted by Gasteiger charge is 2.22. The van der Waals surface area contributed by atoms with Gasteiger partial charge in [-0.15, -0.1) is 0 Å². The Morgan fingerprint density at radius 2 is 1.96 bits per heavy atom. The summed E-state index contributed by atoms with van der Waals surface area (Å²) in [7, 11) is 0. The van der Waals surface area contributed by atoms with Crippen LogP contribution in [0.3, 0.4) is 0 Å². The predicted molar refractivity (Wildman–Crippen MR) is 89.2 cm³/mol. The predicted octanol–water partition coefficient (Wildman–Crippen LogP) is 3.26. The lowest BCUT2D eigenvalue weighted by Gasteiger charge is -2.30. The zero-order valence-corrected chi connectivity index (χ0v) is 13.3. The van der Waals surface area contributed by atoms with Crippen LogP contribution in [0, 0.1) is 5.92 Å². The highest BCUT2D eigenvalue weighted by molar-refractivity contribution is 5.96. The lowest BCUT2D eigenvalue weighted by Crippen LogP contribution is -2.41. The lowest BCUT2D eigenvalue weighted by molar-refractivity contribution is -0.136. The monoisotopic (exact) mass is 311 g/mol. The van der Waals surface area contributed by atoms with Crippen molar-refractivity contribution in [3.8, 4) is 0 Å². The van der Waals surface area contributed by atoms with Crippen LogP contribution < -0.4 is 0 Å². The van der Waals surface area contributed by atoms with E-state index in [1.807, 2.05) is 30.3 Å². The van der Waals surface area contributed by atoms with Crippen molar-refractivity contribution in [2.45, 2.75) is 19.8 Å². The van der Waals surface area contributed by atoms with E-state index in [1.165, 1.54) is 0 Å². The molecule has 0 saturated carbocycles. The molecule has 2 aromatic carbocycles. The molecule has 1 unspecified atom stereocenters. The zero-order chi connectivity index (χ0) is 16.2. The summed E-state index contributed by atoms with van der Waals surface area (Å²) in [6.45, 7) is 3.47. The maximum absolute atomic E-state index is 12.1. The quantitative estimate of drug-likeness (QED) is 0.817. The molecule has 3 rings (SSSR count). The molecule has 1 atom stereocenters. The Morgan fingerprint density at radius 3 is 2.74 bits per heavy atom. The molecule has 1 heterocycles. The number of amides is 1. The second-order valence-corrected chi connectivity index (χ2v) is 6.23. The highest BCUT2D eigenvalue weighted by atomic mass is 16.5. The van der Waals surface area contributed by atoms with E-state index < -0.39 is 5.97 Å². The van der Waals surface area contributed by atoms with Crippen molar-refractivity contribution < 1.29 is 14.3 Å². The van der Waals surface area contributed by atoms with E-state index in [2.05, 4.69) is 6.92 Å². The third-order valence-corrected chi connectivity index (χ3v) is 4.32. The molecule has 23 heavy (non-hydrogen) atoms. The van der Waals surface area contributed by atoms with Crippen LogP contribution in [0.15, 0.2) is 42.5 Å². The standard InChI is InChI=1S/C19H21NO3/c1-14-5-4-10-20(12-14)18(21)13-23-19(22)17-9-8-15-6-2-3-7-16(15)11-17/h2-3,6-9,11,14H,4-5,10,12-13H2,1H3. The minimum atomic E-state index is -0.450. The SMILES string of the molecule is CC1CCCN(C(=O)COC(=O)c2ccc3ccccc3c2)C1. The van der Waals surface area contributed by atoms with Gasteiger partial charge in [0.05, 0.1) is 5.56 Å². The minimum absolute atomic E-state index is 0.106. The highest BCUT2D eigenvalue weighted by Crippen LogP contribution is 2.17. The number of ether oxygens (including phenoxy) is 1. The van der Waals surface area contributed by atoms with E-state index in [0.29, 0.717) is 11.5 Å². The summed E-state index contributed by atoms with van der Waals surface area (Å²) >= 11 is 0. The molecule has 0 N–H and O–H groups in total. The Balaban J connectivity index is 1.60. The summed E-state index contributed by atoms with van der Waals surface area (Å²) in [5.41, 5.74) is 0.475.